The molecule has 0 spiro atoms. The minimum atomic E-state index is -8.69. The molecule has 0 aliphatic rings. The molecule has 0 aliphatic heterocycles. The van der Waals surface area contributed by atoms with Crippen molar-refractivity contribution in [3.8, 4) is 5.75 Å². The molecule has 24 heteroatoms. The zero-order valence-electron chi connectivity index (χ0n) is 30.5. The molecular weight excluding hydrogens is 829 g/mol. The molecule has 1 aromatic carbocycles. The number of amides is 1. The van der Waals surface area contributed by atoms with Gasteiger partial charge >= 0.3 is 47.6 Å². The Bertz CT molecular complexity index is 1510. The Labute approximate surface area is 310 Å². The molecule has 0 unspecified atom stereocenters. The van der Waals surface area contributed by atoms with E-state index in [4.69, 9.17) is 14.4 Å². The van der Waals surface area contributed by atoms with Crippen LogP contribution < -0.4 is 10.2 Å². The van der Waals surface area contributed by atoms with Crippen LogP contribution in [0.1, 0.15) is 66.6 Å². The maximum Gasteiger partial charge on any atom is 0.460 e. The molecule has 2 atom stereocenters. The second kappa shape index (κ2) is 17.2. The summed E-state index contributed by atoms with van der Waals surface area (Å²) in [5.74, 6) is -58.0. The van der Waals surface area contributed by atoms with E-state index in [1.54, 1.807) is 13.8 Å². The predicted molar refractivity (Wildman–Crippen MR) is 166 cm³/mol. The normalized spacial score (nSPS) is 16.2. The first kappa shape index (κ1) is 51.2. The number of carbonyl (C=O) groups is 1. The van der Waals surface area contributed by atoms with E-state index < -0.39 is 111 Å². The number of ether oxygens (including phenoxy) is 1. The summed E-state index contributed by atoms with van der Waals surface area (Å²) in [5, 5.41) is 19.6. The van der Waals surface area contributed by atoms with E-state index >= 15 is 0 Å². The number of aliphatic hydroxyl groups excluding tert-OH is 1. The molecule has 1 rings (SSSR count). The van der Waals surface area contributed by atoms with Crippen LogP contribution in [0.25, 0.3) is 0 Å². The highest BCUT2D eigenvalue weighted by atomic mass is 28.4. The van der Waals surface area contributed by atoms with Crippen LogP contribution >= 0.6 is 0 Å². The molecule has 3 N–H and O–H groups in total. The van der Waals surface area contributed by atoms with Gasteiger partial charge in [-0.3, -0.25) is 10.0 Å². The third kappa shape index (κ3) is 9.06. The minimum absolute atomic E-state index is 0.131. The molecule has 0 saturated heterocycles. The SMILES string of the molecule is C/C(C(=O)NO)=C(/C)[C@H](C)[C@H](O)c1ccc(OCCO[Si](CCC(F)(F)C(F)(F)C(F)(F)C(F)(F)C(F)(F)C(F)(F)C(F)(F)C(F)(F)F)(C(C)C)C(C)C)cc1. The molecule has 326 valence electrons. The number of alkyl halides is 17. The second-order valence-electron chi connectivity index (χ2n) is 13.7. The summed E-state index contributed by atoms with van der Waals surface area (Å²) in [6, 6.07) is 4.27. The van der Waals surface area contributed by atoms with Crippen molar-refractivity contribution in [2.24, 2.45) is 5.92 Å². The van der Waals surface area contributed by atoms with Gasteiger partial charge in [-0.05, 0) is 48.7 Å². The van der Waals surface area contributed by atoms with Gasteiger partial charge in [0.2, 0.25) is 0 Å². The highest BCUT2D eigenvalue weighted by Crippen LogP contribution is 2.64. The van der Waals surface area contributed by atoms with Crippen LogP contribution in [0.3, 0.4) is 0 Å². The summed E-state index contributed by atoms with van der Waals surface area (Å²) < 4.78 is 245. The van der Waals surface area contributed by atoms with Crippen molar-refractivity contribution >= 4 is 14.2 Å². The fraction of sp³-hybridized carbons (Fsp3) is 0.719. The van der Waals surface area contributed by atoms with Gasteiger partial charge in [-0.2, -0.15) is 74.6 Å². The van der Waals surface area contributed by atoms with Crippen LogP contribution in [0, 0.1) is 5.92 Å². The van der Waals surface area contributed by atoms with Crippen molar-refractivity contribution < 1.29 is 98.9 Å². The van der Waals surface area contributed by atoms with E-state index in [0.29, 0.717) is 11.1 Å². The first-order chi connectivity index (χ1) is 24.9. The summed E-state index contributed by atoms with van der Waals surface area (Å²) in [5.41, 5.74) is 0.668. The first-order valence-electron chi connectivity index (χ1n) is 16.3. The van der Waals surface area contributed by atoms with E-state index in [9.17, 15) is 84.5 Å². The summed E-state index contributed by atoms with van der Waals surface area (Å²) in [7, 11) is -3.96. The van der Waals surface area contributed by atoms with Crippen LogP contribution in [0.15, 0.2) is 35.4 Å². The molecule has 1 aromatic rings. The third-order valence-electron chi connectivity index (χ3n) is 9.71. The highest BCUT2D eigenvalue weighted by molar-refractivity contribution is 6.76. The van der Waals surface area contributed by atoms with Crippen molar-refractivity contribution in [2.45, 2.75) is 126 Å². The number of hydrogen-bond acceptors (Lipinski definition) is 5. The van der Waals surface area contributed by atoms with Crippen molar-refractivity contribution in [3.05, 3.63) is 41.0 Å². The summed E-state index contributed by atoms with van der Waals surface area (Å²) in [4.78, 5) is 11.7. The zero-order valence-corrected chi connectivity index (χ0v) is 31.5. The monoisotopic (exact) mass is 869 g/mol. The number of rotatable bonds is 20. The topological polar surface area (TPSA) is 88.0 Å². The molecule has 0 radical (unpaired) electrons. The maximum atomic E-state index is 14.8. The number of hydrogen-bond donors (Lipinski definition) is 3. The summed E-state index contributed by atoms with van der Waals surface area (Å²) >= 11 is 0. The van der Waals surface area contributed by atoms with Crippen LogP contribution in [-0.4, -0.2) is 85.4 Å². The van der Waals surface area contributed by atoms with Crippen molar-refractivity contribution in [1.82, 2.24) is 5.48 Å². The standard InChI is InChI=1S/C32H40F17NO5Si/c1-16(2)56(17(3)4,55-14-13-54-22-10-8-21(9-11-22)23(51)19(6)18(5)20(7)24(52)50-53)15-12-25(33,34)26(35,36)27(37,38)28(39,40)29(41,42)30(43,44)31(45,46)32(47,48)49/h8-11,16-17,19,23,51,53H,12-15H2,1-7H3,(H,50,52)/b20-18+/t19-,23-/m0/s1. The predicted octanol–water partition coefficient (Wildman–Crippen LogP) is 10.8. The van der Waals surface area contributed by atoms with Crippen LogP contribution in [0.2, 0.25) is 17.1 Å². The fourth-order valence-corrected chi connectivity index (χ4v) is 10.1. The van der Waals surface area contributed by atoms with Crippen molar-refractivity contribution in [2.75, 3.05) is 13.2 Å². The molecule has 0 heterocycles. The van der Waals surface area contributed by atoms with Gasteiger partial charge in [0.15, 0.2) is 8.32 Å². The van der Waals surface area contributed by atoms with Gasteiger partial charge in [0.05, 0.1) is 12.7 Å². The lowest BCUT2D eigenvalue weighted by Gasteiger charge is -2.44. The van der Waals surface area contributed by atoms with Crippen LogP contribution in [0.5, 0.6) is 5.75 Å². The van der Waals surface area contributed by atoms with E-state index in [1.807, 2.05) is 0 Å². The van der Waals surface area contributed by atoms with E-state index in [2.05, 4.69) is 0 Å². The Hall–Kier alpha value is -2.86. The molecule has 0 bridgehead atoms. The Kier molecular flexibility index (Phi) is 15.7. The quantitative estimate of drug-likeness (QED) is 0.0303. The van der Waals surface area contributed by atoms with Gasteiger partial charge in [-0.15, -0.1) is 0 Å². The number of aliphatic hydroxyl groups is 1. The van der Waals surface area contributed by atoms with Gasteiger partial charge in [0, 0.05) is 17.9 Å². The number of nitrogens with one attached hydrogen (secondary N) is 1. The van der Waals surface area contributed by atoms with E-state index in [1.165, 1.54) is 64.4 Å². The van der Waals surface area contributed by atoms with E-state index in [-0.39, 0.29) is 11.3 Å². The molecule has 0 aromatic heterocycles. The summed E-state index contributed by atoms with van der Waals surface area (Å²) in [6.45, 7) is 8.92. The first-order valence-corrected chi connectivity index (χ1v) is 18.6. The number of halogens is 17. The molecule has 0 fully saturated rings. The Morgan fingerprint density at radius 2 is 1.09 bits per heavy atom. The molecule has 56 heavy (non-hydrogen) atoms. The lowest BCUT2D eigenvalue weighted by Crippen LogP contribution is -2.74. The van der Waals surface area contributed by atoms with Gasteiger partial charge in [-0.1, -0.05) is 52.3 Å². The largest absolute Gasteiger partial charge is 0.491 e. The number of benzene rings is 1. The Balaban J connectivity index is 3.26. The lowest BCUT2D eigenvalue weighted by molar-refractivity contribution is -0.461. The van der Waals surface area contributed by atoms with Crippen molar-refractivity contribution in [3.63, 3.8) is 0 Å². The third-order valence-corrected chi connectivity index (χ3v) is 15.4. The van der Waals surface area contributed by atoms with Gasteiger partial charge < -0.3 is 14.3 Å². The lowest BCUT2D eigenvalue weighted by atomic mass is 9.88. The number of carbonyl (C=O) groups excluding carboxylic acids is 1. The van der Waals surface area contributed by atoms with Crippen molar-refractivity contribution in [1.29, 1.82) is 0 Å². The Morgan fingerprint density at radius 3 is 1.48 bits per heavy atom. The Morgan fingerprint density at radius 1 is 0.679 bits per heavy atom. The van der Waals surface area contributed by atoms with E-state index in [0.717, 1.165) is 0 Å². The summed E-state index contributed by atoms with van der Waals surface area (Å²) in [6.07, 6.45) is -11.5. The molecule has 1 amide bonds. The highest BCUT2D eigenvalue weighted by Gasteiger charge is 2.95. The van der Waals surface area contributed by atoms with Gasteiger partial charge in [0.1, 0.15) is 12.4 Å². The van der Waals surface area contributed by atoms with Crippen LogP contribution in [0.4, 0.5) is 74.6 Å². The van der Waals surface area contributed by atoms with Crippen LogP contribution in [-0.2, 0) is 9.22 Å². The minimum Gasteiger partial charge on any atom is -0.491 e. The van der Waals surface area contributed by atoms with Gasteiger partial charge in [-0.25, -0.2) is 5.48 Å². The fourth-order valence-electron chi connectivity index (χ4n) is 5.64. The number of hydroxylamine groups is 1. The smallest absolute Gasteiger partial charge is 0.460 e. The average molecular weight is 870 g/mol. The molecular formula is C32H40F17NO5Si. The second-order valence-corrected chi connectivity index (χ2v) is 18.7. The molecule has 0 aliphatic carbocycles. The van der Waals surface area contributed by atoms with Gasteiger partial charge in [0.25, 0.3) is 5.91 Å². The molecule has 0 saturated carbocycles. The maximum absolute atomic E-state index is 14.8. The average Bonchev–Trinajstić information content (AvgIpc) is 3.08. The zero-order chi connectivity index (χ0) is 44.5. The molecule has 6 nitrogen and oxygen atoms in total.